The molecule has 164 valence electrons. The lowest BCUT2D eigenvalue weighted by atomic mass is 9.91. The second-order valence-electron chi connectivity index (χ2n) is 5.56. The van der Waals surface area contributed by atoms with Crippen LogP contribution in [-0.2, 0) is 0 Å². The van der Waals surface area contributed by atoms with Crippen LogP contribution in [0.5, 0.6) is 0 Å². The predicted octanol–water partition coefficient (Wildman–Crippen LogP) is 7.55. The van der Waals surface area contributed by atoms with Crippen LogP contribution in [0.15, 0.2) is 16.8 Å². The lowest BCUT2D eigenvalue weighted by molar-refractivity contribution is -0.440. The van der Waals surface area contributed by atoms with Crippen molar-refractivity contribution in [3.05, 3.63) is 22.4 Å². The predicted molar refractivity (Wildman–Crippen MR) is 72.9 cm³/mol. The molecule has 28 heavy (non-hydrogen) atoms. The topological polar surface area (TPSA) is 0 Å². The third-order valence-corrected chi connectivity index (χ3v) is 4.79. The fourth-order valence-corrected chi connectivity index (χ4v) is 2.92. The number of rotatable bonds is 8. The first kappa shape index (κ1) is 25.1. The van der Waals surface area contributed by atoms with Crippen molar-refractivity contribution in [2.24, 2.45) is 0 Å². The Kier molecular flexibility index (Phi) is 6.64. The van der Waals surface area contributed by atoms with Gasteiger partial charge in [-0.1, -0.05) is 0 Å². The van der Waals surface area contributed by atoms with Gasteiger partial charge < -0.3 is 0 Å². The van der Waals surface area contributed by atoms with Crippen molar-refractivity contribution in [1.82, 2.24) is 0 Å². The van der Waals surface area contributed by atoms with Crippen molar-refractivity contribution in [1.29, 1.82) is 0 Å². The first-order valence-electron chi connectivity index (χ1n) is 6.86. The summed E-state index contributed by atoms with van der Waals surface area (Å²) in [5.74, 6) is -36.7. The van der Waals surface area contributed by atoms with Crippen molar-refractivity contribution < 1.29 is 57.1 Å². The maximum Gasteiger partial charge on any atom is 0.460 e. The minimum Gasteiger partial charge on any atom is -0.200 e. The first-order chi connectivity index (χ1) is 12.2. The molecule has 1 atom stereocenters. The van der Waals surface area contributed by atoms with E-state index in [2.05, 4.69) is 0 Å². The summed E-state index contributed by atoms with van der Waals surface area (Å²) < 4.78 is 168. The van der Waals surface area contributed by atoms with Crippen molar-refractivity contribution in [3.63, 3.8) is 0 Å². The monoisotopic (exact) mass is 478 g/mol. The highest BCUT2D eigenvalue weighted by Gasteiger charge is 2.90. The van der Waals surface area contributed by atoms with E-state index in [4.69, 9.17) is 11.6 Å². The largest absolute Gasteiger partial charge is 0.460 e. The van der Waals surface area contributed by atoms with Gasteiger partial charge in [-0.3, -0.25) is 0 Å². The standard InChI is InChI=1S/C13H8ClF13S/c14-7(6-2-4-28-5-6)1-3-8(15,16)9(17,18)10(19,20)11(21,22)12(23,24)13(25,26)27/h2,4-5,7H,1,3H2. The van der Waals surface area contributed by atoms with Gasteiger partial charge in [0.1, 0.15) is 0 Å². The molecule has 0 saturated carbocycles. The number of alkyl halides is 14. The lowest BCUT2D eigenvalue weighted by Gasteiger charge is -2.39. The Morgan fingerprint density at radius 1 is 0.750 bits per heavy atom. The Labute approximate surface area is 157 Å². The molecule has 0 amide bonds. The third-order valence-electron chi connectivity index (χ3n) is 3.62. The van der Waals surface area contributed by atoms with Crippen LogP contribution >= 0.6 is 22.9 Å². The van der Waals surface area contributed by atoms with Crippen molar-refractivity contribution in [2.75, 3.05) is 0 Å². The summed E-state index contributed by atoms with van der Waals surface area (Å²) in [5.41, 5.74) is 0.0893. The van der Waals surface area contributed by atoms with Crippen LogP contribution in [0.2, 0.25) is 0 Å². The smallest absolute Gasteiger partial charge is 0.200 e. The van der Waals surface area contributed by atoms with Gasteiger partial charge in [-0.15, -0.1) is 11.6 Å². The maximum atomic E-state index is 13.6. The Hall–Kier alpha value is -0.920. The van der Waals surface area contributed by atoms with Crippen molar-refractivity contribution in [2.45, 2.75) is 54.0 Å². The van der Waals surface area contributed by atoms with E-state index in [9.17, 15) is 57.1 Å². The molecular formula is C13H8ClF13S. The molecule has 1 aromatic heterocycles. The fourth-order valence-electron chi connectivity index (χ4n) is 1.89. The van der Waals surface area contributed by atoms with Crippen molar-refractivity contribution in [3.8, 4) is 0 Å². The molecule has 0 aliphatic carbocycles. The van der Waals surface area contributed by atoms with Crippen LogP contribution in [0.3, 0.4) is 0 Å². The molecule has 1 rings (SSSR count). The molecule has 1 unspecified atom stereocenters. The minimum atomic E-state index is -7.88. The second kappa shape index (κ2) is 7.40. The van der Waals surface area contributed by atoms with E-state index in [1.807, 2.05) is 0 Å². The molecule has 0 fully saturated rings. The van der Waals surface area contributed by atoms with Gasteiger partial charge in [-0.2, -0.15) is 68.4 Å². The highest BCUT2D eigenvalue weighted by Crippen LogP contribution is 2.61. The molecule has 0 aromatic carbocycles. The summed E-state index contributed by atoms with van der Waals surface area (Å²) in [7, 11) is 0. The SMILES string of the molecule is FC(F)(F)C(F)(F)C(F)(F)C(F)(F)C(F)(F)C(F)(F)CCC(Cl)c1ccsc1. The van der Waals surface area contributed by atoms with E-state index in [-0.39, 0.29) is 5.56 Å². The van der Waals surface area contributed by atoms with Gasteiger partial charge in [0.15, 0.2) is 0 Å². The Balaban J connectivity index is 3.18. The molecule has 1 aromatic rings. The Morgan fingerprint density at radius 3 is 1.61 bits per heavy atom. The Morgan fingerprint density at radius 2 is 1.21 bits per heavy atom. The molecule has 0 radical (unpaired) electrons. The second-order valence-corrected chi connectivity index (χ2v) is 6.87. The zero-order valence-electron chi connectivity index (χ0n) is 12.9. The highest BCUT2D eigenvalue weighted by molar-refractivity contribution is 7.08. The van der Waals surface area contributed by atoms with E-state index >= 15 is 0 Å². The van der Waals surface area contributed by atoms with Gasteiger partial charge in [0.05, 0.1) is 5.38 Å². The summed E-state index contributed by atoms with van der Waals surface area (Å²) in [6.07, 6.45) is -10.9. The van der Waals surface area contributed by atoms with Gasteiger partial charge in [-0.05, 0) is 28.8 Å². The van der Waals surface area contributed by atoms with Crippen molar-refractivity contribution >= 4 is 22.9 Å². The van der Waals surface area contributed by atoms with E-state index < -0.39 is 54.0 Å². The number of hydrogen-bond acceptors (Lipinski definition) is 1. The summed E-state index contributed by atoms with van der Waals surface area (Å²) >= 11 is 6.55. The van der Waals surface area contributed by atoms with Gasteiger partial charge in [0, 0.05) is 6.42 Å². The van der Waals surface area contributed by atoms with Crippen LogP contribution in [0.1, 0.15) is 23.8 Å². The average molecular weight is 479 g/mol. The zero-order valence-corrected chi connectivity index (χ0v) is 14.5. The first-order valence-corrected chi connectivity index (χ1v) is 8.24. The van der Waals surface area contributed by atoms with Gasteiger partial charge in [-0.25, -0.2) is 0 Å². The summed E-state index contributed by atoms with van der Waals surface area (Å²) in [5, 5.41) is 1.19. The zero-order chi connectivity index (χ0) is 22.4. The highest BCUT2D eigenvalue weighted by atomic mass is 35.5. The van der Waals surface area contributed by atoms with E-state index in [1.165, 1.54) is 16.8 Å². The molecule has 0 spiro atoms. The number of thiophene rings is 1. The molecule has 1 heterocycles. The maximum absolute atomic E-state index is 13.6. The third kappa shape index (κ3) is 3.90. The molecule has 0 bridgehead atoms. The van der Waals surface area contributed by atoms with E-state index in [1.54, 1.807) is 0 Å². The lowest BCUT2D eigenvalue weighted by Crippen LogP contribution is -2.70. The molecule has 15 heteroatoms. The summed E-state index contributed by atoms with van der Waals surface area (Å²) in [6.45, 7) is 0. The molecule has 0 nitrogen and oxygen atoms in total. The number of halogens is 14. The quantitative estimate of drug-likeness (QED) is 0.267. The Bertz CT molecular complexity index is 650. The van der Waals surface area contributed by atoms with Crippen LogP contribution in [0.4, 0.5) is 57.1 Å². The van der Waals surface area contributed by atoms with Crippen LogP contribution in [0.25, 0.3) is 0 Å². The van der Waals surface area contributed by atoms with Gasteiger partial charge >= 0.3 is 35.8 Å². The van der Waals surface area contributed by atoms with Crippen LogP contribution in [0, 0.1) is 0 Å². The molecular weight excluding hydrogens is 471 g/mol. The van der Waals surface area contributed by atoms with Gasteiger partial charge in [0.25, 0.3) is 0 Å². The summed E-state index contributed by atoms with van der Waals surface area (Å²) in [4.78, 5) is 0. The summed E-state index contributed by atoms with van der Waals surface area (Å²) in [6, 6.07) is 1.24. The normalized spacial score (nSPS) is 16.4. The fraction of sp³-hybridized carbons (Fsp3) is 0.692. The molecule has 0 aliphatic heterocycles. The minimum absolute atomic E-state index is 0.0893. The van der Waals surface area contributed by atoms with Gasteiger partial charge in [0.2, 0.25) is 0 Å². The average Bonchev–Trinajstić information content (AvgIpc) is 3.05. The molecule has 0 saturated heterocycles. The van der Waals surface area contributed by atoms with E-state index in [0.29, 0.717) is 0 Å². The van der Waals surface area contributed by atoms with Crippen LogP contribution < -0.4 is 0 Å². The van der Waals surface area contributed by atoms with E-state index in [0.717, 1.165) is 11.3 Å². The molecule has 0 N–H and O–H groups in total. The number of hydrogen-bond donors (Lipinski definition) is 0. The molecule has 0 aliphatic rings. The van der Waals surface area contributed by atoms with Crippen LogP contribution in [-0.4, -0.2) is 35.8 Å².